The molecule has 1 aromatic carbocycles. The average molecular weight is 212 g/mol. The molecule has 14 heavy (non-hydrogen) atoms. The molecule has 0 saturated heterocycles. The second kappa shape index (κ2) is 3.79. The molecule has 0 aliphatic rings. The van der Waals surface area contributed by atoms with Crippen LogP contribution in [0, 0.1) is 0 Å². The van der Waals surface area contributed by atoms with E-state index in [2.05, 4.69) is 5.10 Å². The van der Waals surface area contributed by atoms with Crippen LogP contribution >= 0.6 is 0 Å². The van der Waals surface area contributed by atoms with Gasteiger partial charge < -0.3 is 5.84 Å². The Balaban J connectivity index is 3.14. The number of benzene rings is 1. The summed E-state index contributed by atoms with van der Waals surface area (Å²) in [6.45, 7) is 1.76. The third kappa shape index (κ3) is 2.32. The summed E-state index contributed by atoms with van der Waals surface area (Å²) < 4.78 is 22.3. The SMILES string of the molecule is C/C(=N\N)c1ccc(S(C)(=O)=O)cc1. The summed E-state index contributed by atoms with van der Waals surface area (Å²) in [6, 6.07) is 6.45. The van der Waals surface area contributed by atoms with E-state index in [1.54, 1.807) is 31.2 Å². The zero-order chi connectivity index (χ0) is 10.8. The van der Waals surface area contributed by atoms with E-state index >= 15 is 0 Å². The fourth-order valence-electron chi connectivity index (χ4n) is 1.02. The lowest BCUT2D eigenvalue weighted by Crippen LogP contribution is -2.01. The fraction of sp³-hybridized carbons (Fsp3) is 0.222. The Morgan fingerprint density at radius 3 is 2.14 bits per heavy atom. The molecule has 1 aromatic rings. The van der Waals surface area contributed by atoms with Crippen molar-refractivity contribution in [2.45, 2.75) is 11.8 Å². The molecule has 0 aliphatic carbocycles. The zero-order valence-corrected chi connectivity index (χ0v) is 8.88. The van der Waals surface area contributed by atoms with E-state index in [0.29, 0.717) is 10.6 Å². The van der Waals surface area contributed by atoms with E-state index in [4.69, 9.17) is 5.84 Å². The molecule has 0 fully saturated rings. The van der Waals surface area contributed by atoms with E-state index in [1.807, 2.05) is 0 Å². The van der Waals surface area contributed by atoms with Crippen LogP contribution in [0.4, 0.5) is 0 Å². The molecule has 4 nitrogen and oxygen atoms in total. The van der Waals surface area contributed by atoms with Crippen LogP contribution in [0.25, 0.3) is 0 Å². The zero-order valence-electron chi connectivity index (χ0n) is 8.06. The lowest BCUT2D eigenvalue weighted by molar-refractivity contribution is 0.602. The highest BCUT2D eigenvalue weighted by Crippen LogP contribution is 2.10. The van der Waals surface area contributed by atoms with Crippen LogP contribution in [-0.4, -0.2) is 20.4 Å². The highest BCUT2D eigenvalue weighted by Gasteiger charge is 2.06. The molecule has 0 bridgehead atoms. The van der Waals surface area contributed by atoms with E-state index < -0.39 is 9.84 Å². The van der Waals surface area contributed by atoms with Gasteiger partial charge in [-0.05, 0) is 24.6 Å². The number of rotatable bonds is 2. The van der Waals surface area contributed by atoms with Crippen molar-refractivity contribution in [3.8, 4) is 0 Å². The van der Waals surface area contributed by atoms with Crippen molar-refractivity contribution < 1.29 is 8.42 Å². The molecule has 0 aliphatic heterocycles. The maximum atomic E-state index is 11.1. The first kappa shape index (κ1) is 10.7. The Bertz CT molecular complexity index is 446. The summed E-state index contributed by atoms with van der Waals surface area (Å²) in [7, 11) is -3.12. The molecule has 0 saturated carbocycles. The van der Waals surface area contributed by atoms with Gasteiger partial charge in [-0.1, -0.05) is 12.1 Å². The van der Waals surface area contributed by atoms with Gasteiger partial charge in [-0.3, -0.25) is 0 Å². The van der Waals surface area contributed by atoms with Crippen molar-refractivity contribution in [2.24, 2.45) is 10.9 Å². The van der Waals surface area contributed by atoms with Gasteiger partial charge in [-0.25, -0.2) is 8.42 Å². The van der Waals surface area contributed by atoms with Gasteiger partial charge in [0.15, 0.2) is 9.84 Å². The second-order valence-electron chi connectivity index (χ2n) is 3.01. The van der Waals surface area contributed by atoms with Crippen LogP contribution in [0.3, 0.4) is 0 Å². The predicted octanol–water partition coefficient (Wildman–Crippen LogP) is 0.773. The van der Waals surface area contributed by atoms with Gasteiger partial charge in [-0.2, -0.15) is 5.10 Å². The van der Waals surface area contributed by atoms with Crippen LogP contribution in [0.5, 0.6) is 0 Å². The summed E-state index contributed by atoms with van der Waals surface area (Å²) >= 11 is 0. The van der Waals surface area contributed by atoms with E-state index in [9.17, 15) is 8.42 Å². The molecule has 0 atom stereocenters. The minimum Gasteiger partial charge on any atom is -0.323 e. The molecule has 0 heterocycles. The number of hydrazone groups is 1. The number of sulfone groups is 1. The van der Waals surface area contributed by atoms with Gasteiger partial charge >= 0.3 is 0 Å². The Kier molecular flexibility index (Phi) is 2.90. The van der Waals surface area contributed by atoms with Crippen molar-refractivity contribution in [3.63, 3.8) is 0 Å². The lowest BCUT2D eigenvalue weighted by Gasteiger charge is -2.01. The normalized spacial score (nSPS) is 12.9. The average Bonchev–Trinajstić information content (AvgIpc) is 2.15. The van der Waals surface area contributed by atoms with Crippen molar-refractivity contribution in [1.29, 1.82) is 0 Å². The Labute approximate surface area is 83.4 Å². The summed E-state index contributed by atoms with van der Waals surface area (Å²) in [5.74, 6) is 5.10. The van der Waals surface area contributed by atoms with Gasteiger partial charge in [-0.15, -0.1) is 0 Å². The van der Waals surface area contributed by atoms with Gasteiger partial charge in [0.1, 0.15) is 0 Å². The summed E-state index contributed by atoms with van der Waals surface area (Å²) in [5.41, 5.74) is 1.49. The van der Waals surface area contributed by atoms with Crippen LogP contribution in [-0.2, 0) is 9.84 Å². The van der Waals surface area contributed by atoms with Gasteiger partial charge in [0.2, 0.25) is 0 Å². The van der Waals surface area contributed by atoms with Crippen molar-refractivity contribution in [1.82, 2.24) is 0 Å². The van der Waals surface area contributed by atoms with Crippen LogP contribution < -0.4 is 5.84 Å². The Morgan fingerprint density at radius 2 is 1.79 bits per heavy atom. The minimum atomic E-state index is -3.12. The third-order valence-electron chi connectivity index (χ3n) is 1.89. The summed E-state index contributed by atoms with van der Waals surface area (Å²) in [5, 5.41) is 3.52. The number of nitrogens with two attached hydrogens (primary N) is 1. The van der Waals surface area contributed by atoms with E-state index in [-0.39, 0.29) is 0 Å². The third-order valence-corrected chi connectivity index (χ3v) is 3.02. The Hall–Kier alpha value is -1.36. The topological polar surface area (TPSA) is 72.5 Å². The predicted molar refractivity (Wildman–Crippen MR) is 56.0 cm³/mol. The standard InChI is InChI=1S/C9H12N2O2S/c1-7(11-10)8-3-5-9(6-4-8)14(2,12)13/h3-6H,10H2,1-2H3/b11-7+. The van der Waals surface area contributed by atoms with Crippen molar-refractivity contribution >= 4 is 15.5 Å². The molecule has 2 N–H and O–H groups in total. The largest absolute Gasteiger partial charge is 0.323 e. The maximum Gasteiger partial charge on any atom is 0.175 e. The van der Waals surface area contributed by atoms with Gasteiger partial charge in [0, 0.05) is 6.26 Å². The second-order valence-corrected chi connectivity index (χ2v) is 5.03. The summed E-state index contributed by atoms with van der Waals surface area (Å²) in [6.07, 6.45) is 1.17. The molecule has 0 spiro atoms. The highest BCUT2D eigenvalue weighted by atomic mass is 32.2. The molecule has 5 heteroatoms. The monoisotopic (exact) mass is 212 g/mol. The smallest absolute Gasteiger partial charge is 0.175 e. The highest BCUT2D eigenvalue weighted by molar-refractivity contribution is 7.90. The van der Waals surface area contributed by atoms with E-state index in [0.717, 1.165) is 5.56 Å². The quantitative estimate of drug-likeness (QED) is 0.447. The first-order valence-electron chi connectivity index (χ1n) is 4.00. The molecule has 0 unspecified atom stereocenters. The fourth-order valence-corrected chi connectivity index (χ4v) is 1.65. The molecular weight excluding hydrogens is 200 g/mol. The van der Waals surface area contributed by atoms with Crippen molar-refractivity contribution in [3.05, 3.63) is 29.8 Å². The molecule has 0 aromatic heterocycles. The maximum absolute atomic E-state index is 11.1. The van der Waals surface area contributed by atoms with Crippen LogP contribution in [0.2, 0.25) is 0 Å². The molecule has 0 amide bonds. The first-order chi connectivity index (χ1) is 6.45. The first-order valence-corrected chi connectivity index (χ1v) is 5.89. The van der Waals surface area contributed by atoms with Gasteiger partial charge in [0.05, 0.1) is 10.6 Å². The Morgan fingerprint density at radius 1 is 1.29 bits per heavy atom. The minimum absolute atomic E-state index is 0.297. The van der Waals surface area contributed by atoms with Crippen molar-refractivity contribution in [2.75, 3.05) is 6.26 Å². The lowest BCUT2D eigenvalue weighted by atomic mass is 10.1. The number of hydrogen-bond donors (Lipinski definition) is 1. The van der Waals surface area contributed by atoms with Crippen LogP contribution in [0.1, 0.15) is 12.5 Å². The van der Waals surface area contributed by atoms with E-state index in [1.165, 1.54) is 6.26 Å². The number of nitrogens with zero attached hydrogens (tertiary/aromatic N) is 1. The van der Waals surface area contributed by atoms with Gasteiger partial charge in [0.25, 0.3) is 0 Å². The number of hydrogen-bond acceptors (Lipinski definition) is 4. The molecule has 0 radical (unpaired) electrons. The van der Waals surface area contributed by atoms with Crippen LogP contribution in [0.15, 0.2) is 34.3 Å². The summed E-state index contributed by atoms with van der Waals surface area (Å²) in [4.78, 5) is 0.297. The molecule has 1 rings (SSSR count). The molecular formula is C9H12N2O2S. The molecule has 76 valence electrons.